The highest BCUT2D eigenvalue weighted by Crippen LogP contribution is 2.16. The van der Waals surface area contributed by atoms with E-state index in [1.54, 1.807) is 0 Å². The lowest BCUT2D eigenvalue weighted by molar-refractivity contribution is -0.529. The summed E-state index contributed by atoms with van der Waals surface area (Å²) in [6.07, 6.45) is 5.82. The summed E-state index contributed by atoms with van der Waals surface area (Å²) >= 11 is 5.80. The van der Waals surface area contributed by atoms with Crippen LogP contribution in [0.15, 0.2) is 91.4 Å². The van der Waals surface area contributed by atoms with Crippen molar-refractivity contribution in [2.45, 2.75) is 0 Å². The molecule has 0 fully saturated rings. The van der Waals surface area contributed by atoms with Gasteiger partial charge >= 0.3 is 5.65 Å². The van der Waals surface area contributed by atoms with E-state index in [0.29, 0.717) is 15.6 Å². The maximum absolute atomic E-state index is 13.3. The van der Waals surface area contributed by atoms with E-state index in [2.05, 4.69) is 0 Å². The lowest BCUT2D eigenvalue weighted by atomic mass is 10.2. The molecule has 0 spiro atoms. The third-order valence-electron chi connectivity index (χ3n) is 4.74. The molecule has 5 rings (SSSR count). The van der Waals surface area contributed by atoms with Crippen LogP contribution in [0.2, 0.25) is 0 Å². The van der Waals surface area contributed by atoms with Crippen LogP contribution in [0.4, 0.5) is 0 Å². The summed E-state index contributed by atoms with van der Waals surface area (Å²) in [5, 5.41) is 13.8. The molecular formula is C22H15N3OS. The van der Waals surface area contributed by atoms with Crippen molar-refractivity contribution in [2.75, 3.05) is 0 Å². The van der Waals surface area contributed by atoms with Gasteiger partial charge in [-0.25, -0.2) is 0 Å². The second-order valence-electron chi connectivity index (χ2n) is 6.31. The molecule has 0 aliphatic heterocycles. The quantitative estimate of drug-likeness (QED) is 0.354. The fourth-order valence-electron chi connectivity index (χ4n) is 3.50. The van der Waals surface area contributed by atoms with Crippen LogP contribution < -0.4 is 14.9 Å². The molecule has 3 heterocycles. The Labute approximate surface area is 160 Å². The zero-order chi connectivity index (χ0) is 18.4. The molecule has 0 aliphatic carbocycles. The van der Waals surface area contributed by atoms with E-state index in [1.165, 1.54) is 0 Å². The van der Waals surface area contributed by atoms with Crippen molar-refractivity contribution in [3.05, 3.63) is 107 Å². The van der Waals surface area contributed by atoms with Gasteiger partial charge in [0, 0.05) is 12.4 Å². The Kier molecular flexibility index (Phi) is 3.55. The standard InChI is InChI=1S/C22H15N3OS/c26-20(16-8-3-1-4-9-16)19-22(27)25(17-10-5-2-6-11-17)21-18-12-7-13-23(18)14-15-24(19)21/h1-15H. The zero-order valence-corrected chi connectivity index (χ0v) is 15.1. The molecule has 0 radical (unpaired) electrons. The summed E-state index contributed by atoms with van der Waals surface area (Å²) in [5.74, 6) is -0.0822. The van der Waals surface area contributed by atoms with Crippen LogP contribution in [0.25, 0.3) is 22.6 Å². The number of nitrogens with zero attached hydrogens (tertiary/aromatic N) is 3. The van der Waals surface area contributed by atoms with Gasteiger partial charge in [0.1, 0.15) is 17.4 Å². The molecular weight excluding hydrogens is 354 g/mol. The van der Waals surface area contributed by atoms with Crippen molar-refractivity contribution in [3.8, 4) is 5.69 Å². The van der Waals surface area contributed by atoms with Gasteiger partial charge in [-0.1, -0.05) is 48.5 Å². The van der Waals surface area contributed by atoms with E-state index in [9.17, 15) is 5.11 Å². The number of para-hydroxylation sites is 1. The Morgan fingerprint density at radius 1 is 0.852 bits per heavy atom. The number of hydrogen-bond acceptors (Lipinski definition) is 2. The molecule has 2 aromatic carbocycles. The minimum atomic E-state index is -0.0822. The highest BCUT2D eigenvalue weighted by molar-refractivity contribution is 7.71. The third-order valence-corrected chi connectivity index (χ3v) is 5.11. The van der Waals surface area contributed by atoms with Crippen LogP contribution in [0, 0.1) is 4.64 Å². The molecule has 5 aromatic rings. The van der Waals surface area contributed by atoms with Crippen LogP contribution in [0.5, 0.6) is 0 Å². The minimum absolute atomic E-state index is 0.0822. The number of aromatic nitrogens is 3. The molecule has 0 saturated carbocycles. The van der Waals surface area contributed by atoms with E-state index >= 15 is 0 Å². The van der Waals surface area contributed by atoms with Gasteiger partial charge in [0.05, 0.1) is 0 Å². The Bertz CT molecular complexity index is 1390. The minimum Gasteiger partial charge on any atom is -0.869 e. The van der Waals surface area contributed by atoms with Gasteiger partial charge in [-0.05, 0) is 47.8 Å². The molecule has 4 nitrogen and oxygen atoms in total. The second kappa shape index (κ2) is 6.07. The number of fused-ring (bicyclic) bond motifs is 3. The first-order valence-electron chi connectivity index (χ1n) is 8.63. The molecule has 0 N–H and O–H groups in total. The fraction of sp³-hybridized carbons (Fsp3) is 0. The Hall–Kier alpha value is -3.44. The molecule has 5 heteroatoms. The first kappa shape index (κ1) is 15.8. The molecule has 0 atom stereocenters. The summed E-state index contributed by atoms with van der Waals surface area (Å²) < 4.78 is 6.41. The van der Waals surface area contributed by atoms with Crippen molar-refractivity contribution < 1.29 is 9.51 Å². The molecule has 0 saturated heterocycles. The average molecular weight is 369 g/mol. The van der Waals surface area contributed by atoms with Crippen LogP contribution in [0.3, 0.4) is 0 Å². The van der Waals surface area contributed by atoms with E-state index in [4.69, 9.17) is 12.2 Å². The topological polar surface area (TPSA) is 36.5 Å². The van der Waals surface area contributed by atoms with Crippen molar-refractivity contribution in [3.63, 3.8) is 0 Å². The first-order valence-corrected chi connectivity index (χ1v) is 9.04. The summed E-state index contributed by atoms with van der Waals surface area (Å²) in [7, 11) is 0. The van der Waals surface area contributed by atoms with E-state index < -0.39 is 0 Å². The van der Waals surface area contributed by atoms with E-state index in [-0.39, 0.29) is 5.76 Å². The van der Waals surface area contributed by atoms with Gasteiger partial charge in [0.25, 0.3) is 0 Å². The van der Waals surface area contributed by atoms with Gasteiger partial charge < -0.3 is 9.51 Å². The maximum Gasteiger partial charge on any atom is 0.317 e. The van der Waals surface area contributed by atoms with E-state index in [1.807, 2.05) is 105 Å². The van der Waals surface area contributed by atoms with Crippen molar-refractivity contribution in [1.82, 2.24) is 8.97 Å². The lowest BCUT2D eigenvalue weighted by Crippen LogP contribution is -2.41. The average Bonchev–Trinajstić information content (AvgIpc) is 3.30. The third kappa shape index (κ3) is 2.36. The number of hydrogen-bond donors (Lipinski definition) is 0. The summed E-state index contributed by atoms with van der Waals surface area (Å²) in [4.78, 5) is 0. The van der Waals surface area contributed by atoms with Gasteiger partial charge in [-0.3, -0.25) is 0 Å². The van der Waals surface area contributed by atoms with Gasteiger partial charge in [-0.2, -0.15) is 8.97 Å². The van der Waals surface area contributed by atoms with Gasteiger partial charge in [0.15, 0.2) is 5.35 Å². The summed E-state index contributed by atoms with van der Waals surface area (Å²) in [6, 6.07) is 23.2. The molecule has 3 aromatic heterocycles. The predicted molar refractivity (Wildman–Crippen MR) is 105 cm³/mol. The molecule has 27 heavy (non-hydrogen) atoms. The highest BCUT2D eigenvalue weighted by Gasteiger charge is 2.22. The van der Waals surface area contributed by atoms with Gasteiger partial charge in [0.2, 0.25) is 4.64 Å². The largest absolute Gasteiger partial charge is 0.869 e. The Morgan fingerprint density at radius 3 is 2.30 bits per heavy atom. The maximum atomic E-state index is 13.3. The summed E-state index contributed by atoms with van der Waals surface area (Å²) in [5.41, 5.74) is 3.41. The SMILES string of the molecule is [O-]/C(c1ccccc1)=c1\c(=S)n(-c2ccccc2)c2c3cccn3cc[n+]12. The smallest absolute Gasteiger partial charge is 0.317 e. The Balaban J connectivity index is 2.03. The van der Waals surface area contributed by atoms with Crippen molar-refractivity contribution in [2.24, 2.45) is 0 Å². The molecule has 0 unspecified atom stereocenters. The molecule has 0 aliphatic rings. The summed E-state index contributed by atoms with van der Waals surface area (Å²) in [6.45, 7) is 0. The van der Waals surface area contributed by atoms with Crippen LogP contribution in [0.1, 0.15) is 5.56 Å². The lowest BCUT2D eigenvalue weighted by Gasteiger charge is -2.08. The fourth-order valence-corrected chi connectivity index (χ4v) is 3.89. The van der Waals surface area contributed by atoms with Crippen molar-refractivity contribution >= 4 is 29.1 Å². The number of rotatable bonds is 2. The van der Waals surface area contributed by atoms with E-state index in [0.717, 1.165) is 16.9 Å². The van der Waals surface area contributed by atoms with Crippen LogP contribution in [-0.4, -0.2) is 8.97 Å². The monoisotopic (exact) mass is 369 g/mol. The zero-order valence-electron chi connectivity index (χ0n) is 14.3. The van der Waals surface area contributed by atoms with Crippen molar-refractivity contribution in [1.29, 1.82) is 0 Å². The molecule has 0 bridgehead atoms. The Morgan fingerprint density at radius 2 is 1.56 bits per heavy atom. The van der Waals surface area contributed by atoms with Gasteiger partial charge in [-0.15, -0.1) is 0 Å². The van der Waals surface area contributed by atoms with Crippen LogP contribution in [-0.2, 0) is 0 Å². The second-order valence-corrected chi connectivity index (χ2v) is 6.70. The predicted octanol–water partition coefficient (Wildman–Crippen LogP) is 2.43. The molecule has 130 valence electrons. The number of imidazole rings is 1. The van der Waals surface area contributed by atoms with Crippen LogP contribution >= 0.6 is 12.2 Å². The number of benzene rings is 2. The molecule has 0 amide bonds. The first-order chi connectivity index (χ1) is 13.3. The normalized spacial score (nSPS) is 12.6. The highest BCUT2D eigenvalue weighted by atomic mass is 32.1.